The number of aromatic nitrogens is 3. The van der Waals surface area contributed by atoms with Crippen LogP contribution in [-0.4, -0.2) is 69.1 Å². The van der Waals surface area contributed by atoms with Crippen molar-refractivity contribution in [2.24, 2.45) is 5.92 Å². The van der Waals surface area contributed by atoms with Gasteiger partial charge in [0, 0.05) is 34.2 Å². The zero-order valence-electron chi connectivity index (χ0n) is 27.3. The number of carbonyl (C=O) groups is 4. The van der Waals surface area contributed by atoms with Crippen LogP contribution in [0.25, 0.3) is 0 Å². The Morgan fingerprint density at radius 3 is 2.09 bits per heavy atom. The maximum absolute atomic E-state index is 12.4. The summed E-state index contributed by atoms with van der Waals surface area (Å²) in [5, 5.41) is 7.52. The highest BCUT2D eigenvalue weighted by Gasteiger charge is 2.52. The fourth-order valence-electron chi connectivity index (χ4n) is 4.99. The number of hydrogen-bond donors (Lipinski definition) is 1. The molecule has 0 radical (unpaired) electrons. The summed E-state index contributed by atoms with van der Waals surface area (Å²) in [4.78, 5) is 48.5. The van der Waals surface area contributed by atoms with Gasteiger partial charge in [-0.05, 0) is 41.2 Å². The van der Waals surface area contributed by atoms with E-state index >= 15 is 0 Å². The Morgan fingerprint density at radius 1 is 0.978 bits per heavy atom. The van der Waals surface area contributed by atoms with Crippen molar-refractivity contribution in [3.05, 3.63) is 40.4 Å². The van der Waals surface area contributed by atoms with E-state index in [4.69, 9.17) is 41.0 Å². The van der Waals surface area contributed by atoms with Crippen LogP contribution in [-0.2, 0) is 56.7 Å². The predicted molar refractivity (Wildman–Crippen MR) is 165 cm³/mol. The summed E-state index contributed by atoms with van der Waals surface area (Å²) in [5.74, 6) is -1.15. The van der Waals surface area contributed by atoms with Crippen molar-refractivity contribution in [3.8, 4) is 5.75 Å². The topological polar surface area (TPSA) is 149 Å². The predicted octanol–water partition coefficient (Wildman–Crippen LogP) is 3.78. The third kappa shape index (κ3) is 9.60. The lowest BCUT2D eigenvalue weighted by Gasteiger charge is -2.45. The van der Waals surface area contributed by atoms with Gasteiger partial charge >= 0.3 is 17.9 Å². The number of hydrogen-bond acceptors (Lipinski definition) is 11. The highest BCUT2D eigenvalue weighted by atomic mass is 32.1. The number of amides is 1. The van der Waals surface area contributed by atoms with Crippen LogP contribution in [0.15, 0.2) is 24.3 Å². The minimum absolute atomic E-state index is 0.00892. The van der Waals surface area contributed by atoms with Crippen molar-refractivity contribution in [1.29, 1.82) is 0 Å². The summed E-state index contributed by atoms with van der Waals surface area (Å²) in [6.07, 6.45) is -4.73. The molecule has 45 heavy (non-hydrogen) atoms. The Hall–Kier alpha value is -3.78. The van der Waals surface area contributed by atoms with Crippen LogP contribution in [0.3, 0.4) is 0 Å². The van der Waals surface area contributed by atoms with Crippen LogP contribution in [0.1, 0.15) is 79.9 Å². The Balaban J connectivity index is 2.09. The summed E-state index contributed by atoms with van der Waals surface area (Å²) in [7, 11) is 0. The monoisotopic (exact) mass is 648 g/mol. The molecule has 0 bridgehead atoms. The summed E-state index contributed by atoms with van der Waals surface area (Å²) in [6.45, 7) is 15.6. The molecular formula is C31H44N4O9S. The third-order valence-corrected chi connectivity index (χ3v) is 7.34. The third-order valence-electron chi connectivity index (χ3n) is 6.93. The van der Waals surface area contributed by atoms with E-state index in [-0.39, 0.29) is 29.3 Å². The molecule has 1 N–H and O–H groups in total. The number of carbonyl (C=O) groups excluding carboxylic acids is 4. The number of nitrogens with zero attached hydrogens (tertiary/aromatic N) is 3. The Labute approximate surface area is 268 Å². The fraction of sp³-hybridized carbons (Fsp3) is 0.613. The molecular weight excluding hydrogens is 604 g/mol. The molecule has 2 aromatic rings. The van der Waals surface area contributed by atoms with Crippen molar-refractivity contribution >= 4 is 36.0 Å². The standard InChI is InChI=1S/C31H44N4O9S/c1-17(2)14-34-25(16-41-23-12-10-22(11-13-23)31(7,8)9)33-35(30(34)45)29-26(32-18(3)36)28(43-21(6)39)27(42-20(5)38)24(44-29)15-40-19(4)37/h10-13,17,24,26-29H,14-16H2,1-9H3,(H,32,36)/t24-,26-,27-,28-,29-/m1/s1. The highest BCUT2D eigenvalue weighted by Crippen LogP contribution is 2.33. The summed E-state index contributed by atoms with van der Waals surface area (Å²) < 4.78 is 32.3. The number of ether oxygens (including phenoxy) is 5. The first-order valence-corrected chi connectivity index (χ1v) is 15.2. The highest BCUT2D eigenvalue weighted by molar-refractivity contribution is 7.71. The van der Waals surface area contributed by atoms with Gasteiger partial charge in [-0.2, -0.15) is 5.10 Å². The van der Waals surface area contributed by atoms with E-state index in [0.29, 0.717) is 18.1 Å². The van der Waals surface area contributed by atoms with E-state index in [1.807, 2.05) is 42.7 Å². The van der Waals surface area contributed by atoms with Gasteiger partial charge < -0.3 is 33.6 Å². The van der Waals surface area contributed by atoms with Crippen molar-refractivity contribution in [1.82, 2.24) is 19.7 Å². The largest absolute Gasteiger partial charge is 0.486 e. The molecule has 1 aliphatic rings. The van der Waals surface area contributed by atoms with Crippen LogP contribution < -0.4 is 10.1 Å². The van der Waals surface area contributed by atoms with Gasteiger partial charge in [0.2, 0.25) is 5.91 Å². The summed E-state index contributed by atoms with van der Waals surface area (Å²) in [5.41, 5.74) is 1.16. The Bertz CT molecular complexity index is 1430. The average Bonchev–Trinajstić information content (AvgIpc) is 3.21. The quantitative estimate of drug-likeness (QED) is 0.216. The van der Waals surface area contributed by atoms with E-state index in [2.05, 4.69) is 26.1 Å². The SMILES string of the molecule is CC(=O)N[C@@H]1[C@@H](OC(C)=O)[C@H](OC(C)=O)[C@@H](COC(C)=O)O[C@H]1n1nc(COc2ccc(C(C)(C)C)cc2)n(CC(C)C)c1=S. The molecule has 14 heteroatoms. The smallest absolute Gasteiger partial charge is 0.303 e. The maximum Gasteiger partial charge on any atom is 0.303 e. The first kappa shape index (κ1) is 35.7. The lowest BCUT2D eigenvalue weighted by Crippen LogP contribution is -2.64. The molecule has 1 aromatic heterocycles. The van der Waals surface area contributed by atoms with Crippen molar-refractivity contribution in [3.63, 3.8) is 0 Å². The average molecular weight is 649 g/mol. The van der Waals surface area contributed by atoms with Gasteiger partial charge in [-0.15, -0.1) is 0 Å². The van der Waals surface area contributed by atoms with Gasteiger partial charge in [-0.25, -0.2) is 4.68 Å². The van der Waals surface area contributed by atoms with Gasteiger partial charge in [0.25, 0.3) is 0 Å². The molecule has 0 saturated carbocycles. The molecule has 1 aromatic carbocycles. The number of benzene rings is 1. The van der Waals surface area contributed by atoms with Crippen LogP contribution in [0, 0.1) is 10.7 Å². The molecule has 13 nitrogen and oxygen atoms in total. The molecule has 1 amide bonds. The lowest BCUT2D eigenvalue weighted by molar-refractivity contribution is -0.239. The van der Waals surface area contributed by atoms with Crippen LogP contribution in [0.4, 0.5) is 0 Å². The van der Waals surface area contributed by atoms with Crippen LogP contribution in [0.2, 0.25) is 0 Å². The van der Waals surface area contributed by atoms with Gasteiger partial charge in [0.1, 0.15) is 31.1 Å². The number of nitrogens with one attached hydrogen (secondary N) is 1. The normalized spacial score (nSPS) is 21.6. The van der Waals surface area contributed by atoms with Gasteiger partial charge in [0.05, 0.1) is 0 Å². The zero-order chi connectivity index (χ0) is 33.6. The lowest BCUT2D eigenvalue weighted by atomic mass is 9.87. The molecule has 0 aliphatic carbocycles. The first-order chi connectivity index (χ1) is 21.0. The van der Waals surface area contributed by atoms with Crippen molar-refractivity contribution in [2.75, 3.05) is 6.61 Å². The number of rotatable bonds is 11. The van der Waals surface area contributed by atoms with E-state index in [1.54, 1.807) is 0 Å². The van der Waals surface area contributed by atoms with Crippen LogP contribution >= 0.6 is 12.2 Å². The Kier molecular flexibility index (Phi) is 11.9. The molecule has 1 fully saturated rings. The molecule has 2 heterocycles. The minimum atomic E-state index is -1.24. The van der Waals surface area contributed by atoms with E-state index in [1.165, 1.54) is 32.4 Å². The van der Waals surface area contributed by atoms with Crippen molar-refractivity contribution in [2.45, 2.75) is 111 Å². The maximum atomic E-state index is 12.4. The van der Waals surface area contributed by atoms with Crippen LogP contribution in [0.5, 0.6) is 5.75 Å². The molecule has 5 atom stereocenters. The zero-order valence-corrected chi connectivity index (χ0v) is 28.1. The molecule has 248 valence electrons. The van der Waals surface area contributed by atoms with Gasteiger partial charge in [0.15, 0.2) is 29.0 Å². The molecule has 3 rings (SSSR count). The second-order valence-electron chi connectivity index (χ2n) is 12.5. The number of esters is 3. The minimum Gasteiger partial charge on any atom is -0.486 e. The fourth-order valence-corrected chi connectivity index (χ4v) is 5.32. The van der Waals surface area contributed by atoms with E-state index in [0.717, 1.165) is 5.56 Å². The molecule has 1 aliphatic heterocycles. The van der Waals surface area contributed by atoms with E-state index < -0.39 is 54.4 Å². The second-order valence-corrected chi connectivity index (χ2v) is 12.8. The first-order valence-electron chi connectivity index (χ1n) is 14.8. The molecule has 0 unspecified atom stereocenters. The molecule has 1 saturated heterocycles. The molecule has 0 spiro atoms. The van der Waals surface area contributed by atoms with Gasteiger partial charge in [-0.3, -0.25) is 19.2 Å². The summed E-state index contributed by atoms with van der Waals surface area (Å²) in [6, 6.07) is 6.72. The Morgan fingerprint density at radius 2 is 1.58 bits per heavy atom. The van der Waals surface area contributed by atoms with Crippen molar-refractivity contribution < 1.29 is 42.9 Å². The van der Waals surface area contributed by atoms with E-state index in [9.17, 15) is 19.2 Å². The summed E-state index contributed by atoms with van der Waals surface area (Å²) >= 11 is 5.87. The van der Waals surface area contributed by atoms with Gasteiger partial charge in [-0.1, -0.05) is 46.8 Å². The second kappa shape index (κ2) is 15.0.